The van der Waals surface area contributed by atoms with Crippen molar-refractivity contribution in [3.05, 3.63) is 53.3 Å². The first-order valence-electron chi connectivity index (χ1n) is 7.54. The van der Waals surface area contributed by atoms with Crippen molar-refractivity contribution in [2.24, 2.45) is 5.92 Å². The summed E-state index contributed by atoms with van der Waals surface area (Å²) in [5, 5.41) is 3.27. The lowest BCUT2D eigenvalue weighted by molar-refractivity contribution is 0.870. The van der Waals surface area contributed by atoms with Gasteiger partial charge in [0.25, 0.3) is 0 Å². The molecule has 0 amide bonds. The predicted octanol–water partition coefficient (Wildman–Crippen LogP) is 4.83. The van der Waals surface area contributed by atoms with Gasteiger partial charge < -0.3 is 0 Å². The Kier molecular flexibility index (Phi) is 4.46. The molecule has 1 heteroatoms. The zero-order valence-corrected chi connectivity index (χ0v) is 13.7. The van der Waals surface area contributed by atoms with Crippen LogP contribution >= 0.6 is 0 Å². The zero-order chi connectivity index (χ0) is 13.9. The number of hydrogen-bond donors (Lipinski definition) is 0. The highest BCUT2D eigenvalue weighted by molar-refractivity contribution is 6.97. The molecule has 0 aliphatic heterocycles. The molecule has 0 N–H and O–H groups in total. The highest BCUT2D eigenvalue weighted by atomic mass is 28.3. The van der Waals surface area contributed by atoms with E-state index in [-0.39, 0.29) is 0 Å². The average Bonchev–Trinajstić information content (AvgIpc) is 2.76. The van der Waals surface area contributed by atoms with Crippen LogP contribution in [0.4, 0.5) is 0 Å². The van der Waals surface area contributed by atoms with Crippen LogP contribution in [0.5, 0.6) is 0 Å². The maximum atomic E-state index is 2.55. The molecule has 1 aromatic carbocycles. The third-order valence-electron chi connectivity index (χ3n) is 4.40. The number of hydrogen-bond acceptors (Lipinski definition) is 0. The van der Waals surface area contributed by atoms with Crippen LogP contribution in [0.15, 0.2) is 53.3 Å². The van der Waals surface area contributed by atoms with Gasteiger partial charge in [-0.05, 0) is 18.9 Å². The van der Waals surface area contributed by atoms with Crippen LogP contribution in [0.1, 0.15) is 33.6 Å². The van der Waals surface area contributed by atoms with Crippen LogP contribution in [-0.2, 0) is 0 Å². The molecule has 0 aromatic heterocycles. The topological polar surface area (TPSA) is 0 Å². The zero-order valence-electron chi connectivity index (χ0n) is 12.7. The van der Waals surface area contributed by atoms with Crippen molar-refractivity contribution in [3.63, 3.8) is 0 Å². The Bertz CT molecular complexity index is 484. The molecule has 2 atom stereocenters. The molecule has 0 bridgehead atoms. The quantitative estimate of drug-likeness (QED) is 0.672. The van der Waals surface area contributed by atoms with E-state index in [0.717, 1.165) is 0 Å². The van der Waals surface area contributed by atoms with E-state index in [1.165, 1.54) is 24.5 Å². The summed E-state index contributed by atoms with van der Waals surface area (Å²) in [6, 6.07) is 12.6. The fourth-order valence-electron chi connectivity index (χ4n) is 3.32. The van der Waals surface area contributed by atoms with Crippen LogP contribution < -0.4 is 5.19 Å². The van der Waals surface area contributed by atoms with Gasteiger partial charge in [-0.1, -0.05) is 91.7 Å². The standard InChI is InChI=1S/C18H26Si/c1-5-6-12-19(4,17-10-8-7-9-11-17)18-14-15(2)13-16(18)3/h7-11,13-15H,5-6,12H2,1-4H3. The van der Waals surface area contributed by atoms with E-state index < -0.39 is 8.07 Å². The molecule has 19 heavy (non-hydrogen) atoms. The van der Waals surface area contributed by atoms with Crippen LogP contribution in [0, 0.1) is 5.92 Å². The van der Waals surface area contributed by atoms with Gasteiger partial charge in [-0.25, -0.2) is 0 Å². The Morgan fingerprint density at radius 3 is 2.32 bits per heavy atom. The molecule has 0 spiro atoms. The molecule has 2 rings (SSSR count). The van der Waals surface area contributed by atoms with Crippen LogP contribution in [0.2, 0.25) is 12.6 Å². The molecule has 0 nitrogen and oxygen atoms in total. The lowest BCUT2D eigenvalue weighted by atomic mass is 10.2. The van der Waals surface area contributed by atoms with Crippen molar-refractivity contribution in [2.45, 2.75) is 46.2 Å². The Hall–Kier alpha value is -1.08. The van der Waals surface area contributed by atoms with Gasteiger partial charge in [0, 0.05) is 0 Å². The van der Waals surface area contributed by atoms with E-state index in [0.29, 0.717) is 5.92 Å². The van der Waals surface area contributed by atoms with Crippen molar-refractivity contribution >= 4 is 13.3 Å². The first-order chi connectivity index (χ1) is 9.08. The highest BCUT2D eigenvalue weighted by Crippen LogP contribution is 2.34. The lowest BCUT2D eigenvalue weighted by Crippen LogP contribution is -2.47. The smallest absolute Gasteiger partial charge is 0.0779 e. The molecular weight excluding hydrogens is 244 g/mol. The molecule has 2 unspecified atom stereocenters. The number of benzene rings is 1. The van der Waals surface area contributed by atoms with Gasteiger partial charge >= 0.3 is 0 Å². The van der Waals surface area contributed by atoms with E-state index >= 15 is 0 Å². The summed E-state index contributed by atoms with van der Waals surface area (Å²) in [6.45, 7) is 9.46. The molecule has 0 heterocycles. The number of allylic oxidation sites excluding steroid dienone is 4. The minimum Gasteiger partial charge on any atom is -0.0779 e. The summed E-state index contributed by atoms with van der Waals surface area (Å²) in [4.78, 5) is 0. The molecule has 0 radical (unpaired) electrons. The van der Waals surface area contributed by atoms with Crippen LogP contribution in [-0.4, -0.2) is 8.07 Å². The number of unbranched alkanes of at least 4 members (excludes halogenated alkanes) is 1. The van der Waals surface area contributed by atoms with Crippen molar-refractivity contribution < 1.29 is 0 Å². The normalized spacial score (nSPS) is 21.8. The van der Waals surface area contributed by atoms with Crippen molar-refractivity contribution in [2.75, 3.05) is 0 Å². The lowest BCUT2D eigenvalue weighted by Gasteiger charge is -2.31. The molecule has 0 saturated heterocycles. The third-order valence-corrected chi connectivity index (χ3v) is 9.11. The predicted molar refractivity (Wildman–Crippen MR) is 88.4 cm³/mol. The second kappa shape index (κ2) is 5.92. The molecule has 1 aromatic rings. The summed E-state index contributed by atoms with van der Waals surface area (Å²) in [6.07, 6.45) is 7.58. The summed E-state index contributed by atoms with van der Waals surface area (Å²) in [5.41, 5.74) is 1.53. The van der Waals surface area contributed by atoms with E-state index in [1.807, 2.05) is 0 Å². The first-order valence-corrected chi connectivity index (χ1v) is 10.2. The molecular formula is C18H26Si. The Balaban J connectivity index is 2.41. The number of rotatable bonds is 5. The Morgan fingerprint density at radius 1 is 1.11 bits per heavy atom. The van der Waals surface area contributed by atoms with Gasteiger partial charge in [-0.3, -0.25) is 0 Å². The van der Waals surface area contributed by atoms with E-state index in [9.17, 15) is 0 Å². The Morgan fingerprint density at radius 2 is 1.79 bits per heavy atom. The molecule has 0 saturated carbocycles. The highest BCUT2D eigenvalue weighted by Gasteiger charge is 2.35. The van der Waals surface area contributed by atoms with Crippen LogP contribution in [0.25, 0.3) is 0 Å². The molecule has 1 aliphatic rings. The maximum absolute atomic E-state index is 2.55. The first kappa shape index (κ1) is 14.3. The van der Waals surface area contributed by atoms with Crippen molar-refractivity contribution in [1.29, 1.82) is 0 Å². The summed E-state index contributed by atoms with van der Waals surface area (Å²) in [5.74, 6) is 0.618. The third kappa shape index (κ3) is 2.92. The Labute approximate surface area is 119 Å². The van der Waals surface area contributed by atoms with Crippen LogP contribution in [0.3, 0.4) is 0 Å². The minimum atomic E-state index is -1.53. The molecule has 102 valence electrons. The summed E-state index contributed by atoms with van der Waals surface area (Å²) < 4.78 is 0. The van der Waals surface area contributed by atoms with Gasteiger partial charge in [0.2, 0.25) is 0 Å². The maximum Gasteiger partial charge on any atom is 0.115 e. The SMILES string of the molecule is CCCC[Si](C)(C1=CC(C)C=C1C)c1ccccc1. The minimum absolute atomic E-state index is 0.618. The van der Waals surface area contributed by atoms with Gasteiger partial charge in [-0.2, -0.15) is 0 Å². The second-order valence-electron chi connectivity index (χ2n) is 6.09. The van der Waals surface area contributed by atoms with E-state index in [1.54, 1.807) is 10.4 Å². The largest absolute Gasteiger partial charge is 0.115 e. The monoisotopic (exact) mass is 270 g/mol. The summed E-state index contributed by atoms with van der Waals surface area (Å²) in [7, 11) is -1.53. The molecule has 0 fully saturated rings. The van der Waals surface area contributed by atoms with Crippen molar-refractivity contribution in [1.82, 2.24) is 0 Å². The van der Waals surface area contributed by atoms with Gasteiger partial charge in [0.1, 0.15) is 8.07 Å². The molecule has 1 aliphatic carbocycles. The fourth-order valence-corrected chi connectivity index (χ4v) is 7.76. The van der Waals surface area contributed by atoms with Gasteiger partial charge in [-0.15, -0.1) is 0 Å². The fraction of sp³-hybridized carbons (Fsp3) is 0.444. The van der Waals surface area contributed by atoms with E-state index in [2.05, 4.69) is 69.8 Å². The average molecular weight is 270 g/mol. The van der Waals surface area contributed by atoms with Gasteiger partial charge in [0.05, 0.1) is 0 Å². The second-order valence-corrected chi connectivity index (χ2v) is 10.4. The summed E-state index contributed by atoms with van der Waals surface area (Å²) >= 11 is 0. The van der Waals surface area contributed by atoms with Gasteiger partial charge in [0.15, 0.2) is 0 Å². The van der Waals surface area contributed by atoms with Crippen molar-refractivity contribution in [3.8, 4) is 0 Å². The van der Waals surface area contributed by atoms with E-state index in [4.69, 9.17) is 0 Å².